The lowest BCUT2D eigenvalue weighted by atomic mass is 9.82. The molecule has 0 aliphatic carbocycles. The maximum atomic E-state index is 12.7. The van der Waals surface area contributed by atoms with E-state index < -0.39 is 12.1 Å². The molecule has 1 N–H and O–H groups in total. The molecular weight excluding hydrogens is 268 g/mol. The molecule has 2 atom stereocenters. The smallest absolute Gasteiger partial charge is 0.246 e. The number of methoxy groups -OCH3 is 1. The van der Waals surface area contributed by atoms with Gasteiger partial charge in [0, 0.05) is 20.3 Å². The zero-order valence-electron chi connectivity index (χ0n) is 14.2. The maximum Gasteiger partial charge on any atom is 0.246 e. The zero-order valence-corrected chi connectivity index (χ0v) is 14.2. The molecular formula is C16H30N2O3. The number of nitrogens with zero attached hydrogens (tertiary/aromatic N) is 1. The van der Waals surface area contributed by atoms with Gasteiger partial charge in [-0.05, 0) is 24.2 Å². The van der Waals surface area contributed by atoms with E-state index in [1.54, 1.807) is 12.0 Å². The third kappa shape index (κ3) is 4.43. The predicted octanol–water partition coefficient (Wildman–Crippen LogP) is 1.81. The van der Waals surface area contributed by atoms with Gasteiger partial charge in [-0.2, -0.15) is 0 Å². The van der Waals surface area contributed by atoms with Gasteiger partial charge in [0.25, 0.3) is 0 Å². The number of hydrogen-bond acceptors (Lipinski definition) is 3. The van der Waals surface area contributed by atoms with Crippen LogP contribution in [0.3, 0.4) is 0 Å². The molecule has 0 aromatic heterocycles. The number of nitrogens with one attached hydrogen (secondary N) is 1. The van der Waals surface area contributed by atoms with E-state index in [0.29, 0.717) is 13.2 Å². The first-order chi connectivity index (χ1) is 9.70. The van der Waals surface area contributed by atoms with Crippen molar-refractivity contribution in [3.8, 4) is 0 Å². The Morgan fingerprint density at radius 1 is 1.24 bits per heavy atom. The standard InChI is InChI=1S/C16H30N2O3/c1-11(2)12-15(20)18(9-7-8-10-21-6)13(14(19)17-12)16(3,4)5/h11-13H,7-10H2,1-6H3,(H,17,19). The molecule has 0 saturated carbocycles. The summed E-state index contributed by atoms with van der Waals surface area (Å²) in [5.74, 6) is 0.110. The van der Waals surface area contributed by atoms with Crippen LogP contribution < -0.4 is 5.32 Å². The van der Waals surface area contributed by atoms with Crippen LogP contribution in [0.2, 0.25) is 0 Å². The van der Waals surface area contributed by atoms with Gasteiger partial charge in [0.2, 0.25) is 11.8 Å². The van der Waals surface area contributed by atoms with Crippen molar-refractivity contribution < 1.29 is 14.3 Å². The summed E-state index contributed by atoms with van der Waals surface area (Å²) in [6.45, 7) is 11.2. The summed E-state index contributed by atoms with van der Waals surface area (Å²) in [4.78, 5) is 27.0. The molecule has 1 rings (SSSR count). The molecule has 21 heavy (non-hydrogen) atoms. The van der Waals surface area contributed by atoms with E-state index in [2.05, 4.69) is 5.32 Å². The van der Waals surface area contributed by atoms with Crippen LogP contribution in [0.25, 0.3) is 0 Å². The van der Waals surface area contributed by atoms with Crippen molar-refractivity contribution in [1.29, 1.82) is 0 Å². The summed E-state index contributed by atoms with van der Waals surface area (Å²) in [6.07, 6.45) is 1.75. The van der Waals surface area contributed by atoms with E-state index in [1.807, 2.05) is 34.6 Å². The van der Waals surface area contributed by atoms with Crippen molar-refractivity contribution in [3.05, 3.63) is 0 Å². The second-order valence-electron chi connectivity index (χ2n) is 7.23. The second-order valence-corrected chi connectivity index (χ2v) is 7.23. The number of unbranched alkanes of at least 4 members (excludes halogenated alkanes) is 1. The molecule has 0 radical (unpaired) electrons. The number of amides is 2. The van der Waals surface area contributed by atoms with E-state index in [4.69, 9.17) is 4.74 Å². The Labute approximate surface area is 128 Å². The van der Waals surface area contributed by atoms with Gasteiger partial charge in [0.05, 0.1) is 0 Å². The molecule has 1 aliphatic heterocycles. The van der Waals surface area contributed by atoms with E-state index in [-0.39, 0.29) is 23.1 Å². The average Bonchev–Trinajstić information content (AvgIpc) is 2.35. The lowest BCUT2D eigenvalue weighted by Gasteiger charge is -2.45. The summed E-state index contributed by atoms with van der Waals surface area (Å²) in [7, 11) is 1.67. The average molecular weight is 298 g/mol. The summed E-state index contributed by atoms with van der Waals surface area (Å²) in [6, 6.07) is -0.805. The van der Waals surface area contributed by atoms with Crippen molar-refractivity contribution in [2.24, 2.45) is 11.3 Å². The van der Waals surface area contributed by atoms with Gasteiger partial charge in [-0.15, -0.1) is 0 Å². The van der Waals surface area contributed by atoms with Crippen molar-refractivity contribution in [3.63, 3.8) is 0 Å². The van der Waals surface area contributed by atoms with Crippen molar-refractivity contribution >= 4 is 11.8 Å². The lowest BCUT2D eigenvalue weighted by molar-refractivity contribution is -0.155. The number of carbonyl (C=O) groups excluding carboxylic acids is 2. The Kier molecular flexibility index (Phi) is 6.20. The fourth-order valence-electron chi connectivity index (χ4n) is 2.82. The van der Waals surface area contributed by atoms with Crippen LogP contribution in [0.5, 0.6) is 0 Å². The zero-order chi connectivity index (χ0) is 16.2. The SMILES string of the molecule is COCCCCN1C(=O)C(C(C)C)NC(=O)C1C(C)(C)C. The number of carbonyl (C=O) groups is 2. The Hall–Kier alpha value is -1.10. The van der Waals surface area contributed by atoms with Crippen LogP contribution in [0.4, 0.5) is 0 Å². The highest BCUT2D eigenvalue weighted by atomic mass is 16.5. The second kappa shape index (κ2) is 7.25. The Morgan fingerprint density at radius 3 is 2.33 bits per heavy atom. The molecule has 0 aromatic rings. The van der Waals surface area contributed by atoms with Crippen LogP contribution in [-0.2, 0) is 14.3 Å². The number of rotatable bonds is 6. The molecule has 2 amide bonds. The summed E-state index contributed by atoms with van der Waals surface area (Å²) in [5, 5.41) is 2.90. The Morgan fingerprint density at radius 2 is 1.86 bits per heavy atom. The summed E-state index contributed by atoms with van der Waals surface area (Å²) >= 11 is 0. The minimum absolute atomic E-state index is 0.0347. The van der Waals surface area contributed by atoms with Crippen LogP contribution >= 0.6 is 0 Å². The first kappa shape index (κ1) is 18.0. The number of piperazine rings is 1. The largest absolute Gasteiger partial charge is 0.385 e. The third-order valence-corrected chi connectivity index (χ3v) is 3.89. The van der Waals surface area contributed by atoms with Gasteiger partial charge in [-0.25, -0.2) is 0 Å². The fourth-order valence-corrected chi connectivity index (χ4v) is 2.82. The lowest BCUT2D eigenvalue weighted by Crippen LogP contribution is -2.67. The van der Waals surface area contributed by atoms with Crippen LogP contribution in [-0.4, -0.2) is 49.1 Å². The van der Waals surface area contributed by atoms with E-state index in [0.717, 1.165) is 12.8 Å². The highest BCUT2D eigenvalue weighted by Gasteiger charge is 2.46. The van der Waals surface area contributed by atoms with Gasteiger partial charge >= 0.3 is 0 Å². The van der Waals surface area contributed by atoms with Gasteiger partial charge in [0.15, 0.2) is 0 Å². The first-order valence-electron chi connectivity index (χ1n) is 7.80. The third-order valence-electron chi connectivity index (χ3n) is 3.89. The number of ether oxygens (including phenoxy) is 1. The van der Waals surface area contributed by atoms with Crippen molar-refractivity contribution in [2.75, 3.05) is 20.3 Å². The van der Waals surface area contributed by atoms with Gasteiger partial charge in [-0.1, -0.05) is 34.6 Å². The topological polar surface area (TPSA) is 58.6 Å². The Balaban J connectivity index is 2.90. The minimum Gasteiger partial charge on any atom is -0.385 e. The van der Waals surface area contributed by atoms with Crippen LogP contribution in [0.15, 0.2) is 0 Å². The number of hydrogen-bond donors (Lipinski definition) is 1. The predicted molar refractivity (Wildman–Crippen MR) is 82.8 cm³/mol. The van der Waals surface area contributed by atoms with Crippen molar-refractivity contribution in [2.45, 2.75) is 59.5 Å². The Bertz CT molecular complexity index is 374. The molecule has 122 valence electrons. The van der Waals surface area contributed by atoms with Crippen LogP contribution in [0, 0.1) is 11.3 Å². The molecule has 1 heterocycles. The van der Waals surface area contributed by atoms with E-state index in [9.17, 15) is 9.59 Å². The molecule has 0 spiro atoms. The molecule has 5 nitrogen and oxygen atoms in total. The van der Waals surface area contributed by atoms with Gasteiger partial charge < -0.3 is 15.0 Å². The van der Waals surface area contributed by atoms with E-state index in [1.165, 1.54) is 0 Å². The first-order valence-corrected chi connectivity index (χ1v) is 7.80. The molecule has 2 unspecified atom stereocenters. The maximum absolute atomic E-state index is 12.7. The van der Waals surface area contributed by atoms with Crippen molar-refractivity contribution in [1.82, 2.24) is 10.2 Å². The molecule has 0 bridgehead atoms. The van der Waals surface area contributed by atoms with Crippen LogP contribution in [0.1, 0.15) is 47.5 Å². The molecule has 1 fully saturated rings. The summed E-state index contributed by atoms with van der Waals surface area (Å²) < 4.78 is 5.05. The van der Waals surface area contributed by atoms with E-state index >= 15 is 0 Å². The monoisotopic (exact) mass is 298 g/mol. The highest BCUT2D eigenvalue weighted by molar-refractivity contribution is 5.97. The van der Waals surface area contributed by atoms with Gasteiger partial charge in [-0.3, -0.25) is 9.59 Å². The quantitative estimate of drug-likeness (QED) is 0.761. The highest BCUT2D eigenvalue weighted by Crippen LogP contribution is 2.29. The molecule has 1 saturated heterocycles. The normalized spacial score (nSPS) is 23.7. The van der Waals surface area contributed by atoms with Gasteiger partial charge in [0.1, 0.15) is 12.1 Å². The molecule has 1 aliphatic rings. The molecule has 5 heteroatoms. The molecule has 0 aromatic carbocycles. The minimum atomic E-state index is -0.404. The fraction of sp³-hybridized carbons (Fsp3) is 0.875. The summed E-state index contributed by atoms with van der Waals surface area (Å²) in [5.41, 5.74) is -0.275.